The largest absolute Gasteiger partial charge is 0.493 e. The Balaban J connectivity index is 1.92. The van der Waals surface area contributed by atoms with Crippen LogP contribution in [0.4, 0.5) is 5.69 Å². The average Bonchev–Trinajstić information content (AvgIpc) is 3.00. The number of nitrogens with zero attached hydrogens (tertiary/aromatic N) is 2. The molecule has 3 rings (SSSR count). The van der Waals surface area contributed by atoms with Crippen molar-refractivity contribution in [3.63, 3.8) is 0 Å². The number of aromatic nitrogens is 3. The van der Waals surface area contributed by atoms with E-state index in [1.54, 1.807) is 18.2 Å². The first-order valence-electron chi connectivity index (χ1n) is 6.50. The van der Waals surface area contributed by atoms with E-state index in [-0.39, 0.29) is 21.5 Å². The van der Waals surface area contributed by atoms with E-state index < -0.39 is 5.91 Å². The molecule has 2 aromatic heterocycles. The number of ether oxygens (including phenoxy) is 2. The Morgan fingerprint density at radius 3 is 2.74 bits per heavy atom. The van der Waals surface area contributed by atoms with E-state index in [1.165, 1.54) is 20.5 Å². The molecule has 0 saturated carbocycles. The number of carbonyl (C=O) groups is 1. The normalized spacial score (nSPS) is 10.5. The van der Waals surface area contributed by atoms with Crippen molar-refractivity contribution >= 4 is 34.2 Å². The fraction of sp³-hybridized carbons (Fsp3) is 0.143. The maximum atomic E-state index is 12.4. The van der Waals surface area contributed by atoms with Gasteiger partial charge >= 0.3 is 0 Å². The van der Waals surface area contributed by atoms with E-state index in [0.717, 1.165) is 11.5 Å². The van der Waals surface area contributed by atoms with Crippen molar-refractivity contribution in [2.24, 2.45) is 0 Å². The van der Waals surface area contributed by atoms with Gasteiger partial charge in [-0.05, 0) is 23.7 Å². The lowest BCUT2D eigenvalue weighted by Gasteiger charge is -2.10. The second-order valence-electron chi connectivity index (χ2n) is 4.46. The molecule has 9 heteroatoms. The van der Waals surface area contributed by atoms with Crippen LogP contribution in [0.15, 0.2) is 29.3 Å². The first-order valence-corrected chi connectivity index (χ1v) is 7.28. The number of hydrogen-bond acceptors (Lipinski definition) is 7. The SMILES string of the molecule is COc1ccc(NC(=O)c2snc3c(=O)[nH]cnc23)cc1OC. The summed E-state index contributed by atoms with van der Waals surface area (Å²) in [5.41, 5.74) is 0.571. The third-order valence-corrected chi connectivity index (χ3v) is 3.95. The topological polar surface area (TPSA) is 106 Å². The third-order valence-electron chi connectivity index (χ3n) is 3.12. The predicted molar refractivity (Wildman–Crippen MR) is 85.5 cm³/mol. The number of amides is 1. The summed E-state index contributed by atoms with van der Waals surface area (Å²) in [6, 6.07) is 5.01. The monoisotopic (exact) mass is 332 g/mol. The molecule has 0 fully saturated rings. The zero-order chi connectivity index (χ0) is 16.4. The summed E-state index contributed by atoms with van der Waals surface area (Å²) >= 11 is 0.921. The Labute approximate surface area is 134 Å². The van der Waals surface area contributed by atoms with Gasteiger partial charge in [-0.25, -0.2) is 4.98 Å². The number of carbonyl (C=O) groups excluding carboxylic acids is 1. The highest BCUT2D eigenvalue weighted by atomic mass is 32.1. The highest BCUT2D eigenvalue weighted by Gasteiger charge is 2.18. The van der Waals surface area contributed by atoms with Gasteiger partial charge in [0.15, 0.2) is 17.0 Å². The van der Waals surface area contributed by atoms with Crippen molar-refractivity contribution in [2.45, 2.75) is 0 Å². The molecule has 0 unspecified atom stereocenters. The smallest absolute Gasteiger partial charge is 0.278 e. The molecule has 0 saturated heterocycles. The molecule has 118 valence electrons. The fourth-order valence-electron chi connectivity index (χ4n) is 2.03. The molecule has 3 aromatic rings. The first kappa shape index (κ1) is 15.0. The van der Waals surface area contributed by atoms with Crippen LogP contribution in [0, 0.1) is 0 Å². The molecular weight excluding hydrogens is 320 g/mol. The Morgan fingerprint density at radius 2 is 2.00 bits per heavy atom. The van der Waals surface area contributed by atoms with E-state index >= 15 is 0 Å². The van der Waals surface area contributed by atoms with Crippen molar-refractivity contribution in [3.8, 4) is 11.5 Å². The average molecular weight is 332 g/mol. The quantitative estimate of drug-likeness (QED) is 0.752. The number of methoxy groups -OCH3 is 2. The van der Waals surface area contributed by atoms with E-state index in [2.05, 4.69) is 19.7 Å². The number of aromatic amines is 1. The standard InChI is InChI=1S/C14H12N4O4S/c1-21-8-4-3-7(5-9(8)22-2)17-14(20)12-10-11(18-23-12)13(19)16-6-15-10/h3-6H,1-2H3,(H,17,20)(H,15,16,19). The van der Waals surface area contributed by atoms with Crippen molar-refractivity contribution < 1.29 is 14.3 Å². The van der Waals surface area contributed by atoms with Gasteiger partial charge in [0.2, 0.25) is 0 Å². The summed E-state index contributed by atoms with van der Waals surface area (Å²) in [4.78, 5) is 30.7. The first-order chi connectivity index (χ1) is 11.1. The molecule has 1 amide bonds. The Bertz CT molecular complexity index is 934. The molecule has 0 aliphatic carbocycles. The van der Waals surface area contributed by atoms with Gasteiger partial charge in [0.25, 0.3) is 11.5 Å². The Hall–Kier alpha value is -2.94. The maximum Gasteiger partial charge on any atom is 0.278 e. The number of rotatable bonds is 4. The van der Waals surface area contributed by atoms with Crippen LogP contribution < -0.4 is 20.3 Å². The molecule has 0 aliphatic rings. The van der Waals surface area contributed by atoms with Crippen molar-refractivity contribution in [1.82, 2.24) is 14.3 Å². The lowest BCUT2D eigenvalue weighted by molar-refractivity contribution is 0.103. The molecule has 0 aliphatic heterocycles. The Morgan fingerprint density at radius 1 is 1.22 bits per heavy atom. The van der Waals surface area contributed by atoms with E-state index in [1.807, 2.05) is 0 Å². The summed E-state index contributed by atoms with van der Waals surface area (Å²) in [7, 11) is 3.04. The molecule has 23 heavy (non-hydrogen) atoms. The van der Waals surface area contributed by atoms with Gasteiger partial charge in [-0.15, -0.1) is 0 Å². The minimum absolute atomic E-state index is 0.148. The summed E-state index contributed by atoms with van der Waals surface area (Å²) in [5.74, 6) is 0.652. The van der Waals surface area contributed by atoms with Crippen LogP contribution in [0.1, 0.15) is 9.67 Å². The summed E-state index contributed by atoms with van der Waals surface area (Å²) in [6.07, 6.45) is 1.24. The van der Waals surface area contributed by atoms with Crippen LogP contribution in [-0.2, 0) is 0 Å². The fourth-order valence-corrected chi connectivity index (χ4v) is 2.75. The summed E-state index contributed by atoms with van der Waals surface area (Å²) < 4.78 is 14.3. The van der Waals surface area contributed by atoms with Crippen molar-refractivity contribution in [3.05, 3.63) is 39.8 Å². The molecule has 0 spiro atoms. The van der Waals surface area contributed by atoms with Gasteiger partial charge in [0, 0.05) is 11.8 Å². The number of hydrogen-bond donors (Lipinski definition) is 2. The number of nitrogens with one attached hydrogen (secondary N) is 2. The minimum Gasteiger partial charge on any atom is -0.493 e. The highest BCUT2D eigenvalue weighted by Crippen LogP contribution is 2.30. The second-order valence-corrected chi connectivity index (χ2v) is 5.24. The Kier molecular flexibility index (Phi) is 3.94. The van der Waals surface area contributed by atoms with Crippen LogP contribution >= 0.6 is 11.5 Å². The van der Waals surface area contributed by atoms with Crippen molar-refractivity contribution in [1.29, 1.82) is 0 Å². The zero-order valence-corrected chi connectivity index (χ0v) is 13.1. The zero-order valence-electron chi connectivity index (χ0n) is 12.2. The maximum absolute atomic E-state index is 12.4. The predicted octanol–water partition coefficient (Wildman–Crippen LogP) is 1.65. The summed E-state index contributed by atoms with van der Waals surface area (Å²) in [6.45, 7) is 0. The van der Waals surface area contributed by atoms with Gasteiger partial charge in [0.1, 0.15) is 10.4 Å². The van der Waals surface area contributed by atoms with Gasteiger partial charge in [-0.2, -0.15) is 4.37 Å². The van der Waals surface area contributed by atoms with Crippen LogP contribution in [0.3, 0.4) is 0 Å². The van der Waals surface area contributed by atoms with Crippen LogP contribution in [0.25, 0.3) is 11.0 Å². The highest BCUT2D eigenvalue weighted by molar-refractivity contribution is 7.09. The molecule has 2 N–H and O–H groups in total. The molecule has 1 aromatic carbocycles. The van der Waals surface area contributed by atoms with Gasteiger partial charge in [0.05, 0.1) is 20.5 Å². The molecular formula is C14H12N4O4S. The summed E-state index contributed by atoms with van der Waals surface area (Å²) in [5, 5.41) is 2.73. The van der Waals surface area contributed by atoms with E-state index in [9.17, 15) is 9.59 Å². The van der Waals surface area contributed by atoms with Gasteiger partial charge in [-0.3, -0.25) is 9.59 Å². The van der Waals surface area contributed by atoms with Crippen LogP contribution in [-0.4, -0.2) is 34.5 Å². The molecule has 8 nitrogen and oxygen atoms in total. The van der Waals surface area contributed by atoms with E-state index in [4.69, 9.17) is 9.47 Å². The number of H-pyrrole nitrogens is 1. The van der Waals surface area contributed by atoms with Gasteiger partial charge in [-0.1, -0.05) is 0 Å². The lowest BCUT2D eigenvalue weighted by Crippen LogP contribution is -2.12. The molecule has 0 atom stereocenters. The number of anilines is 1. The minimum atomic E-state index is -0.400. The van der Waals surface area contributed by atoms with E-state index in [0.29, 0.717) is 17.2 Å². The molecule has 0 radical (unpaired) electrons. The molecule has 0 bridgehead atoms. The van der Waals surface area contributed by atoms with Gasteiger partial charge < -0.3 is 19.8 Å². The third kappa shape index (κ3) is 2.73. The van der Waals surface area contributed by atoms with Crippen molar-refractivity contribution in [2.75, 3.05) is 19.5 Å². The molecule has 2 heterocycles. The second kappa shape index (κ2) is 6.05. The van der Waals surface area contributed by atoms with Crippen LogP contribution in [0.2, 0.25) is 0 Å². The number of fused-ring (bicyclic) bond motifs is 1. The van der Waals surface area contributed by atoms with Crippen LogP contribution in [0.5, 0.6) is 11.5 Å². The lowest BCUT2D eigenvalue weighted by atomic mass is 10.2. The number of benzene rings is 1.